The van der Waals surface area contributed by atoms with Crippen LogP contribution in [0.2, 0.25) is 0 Å². The van der Waals surface area contributed by atoms with E-state index in [9.17, 15) is 9.59 Å². The van der Waals surface area contributed by atoms with Crippen LogP contribution in [0, 0.1) is 13.8 Å². The van der Waals surface area contributed by atoms with Crippen molar-refractivity contribution in [2.24, 2.45) is 0 Å². The van der Waals surface area contributed by atoms with Crippen LogP contribution >= 0.6 is 11.3 Å². The summed E-state index contributed by atoms with van der Waals surface area (Å²) in [6.07, 6.45) is 1.47. The van der Waals surface area contributed by atoms with E-state index < -0.39 is 5.69 Å². The molecule has 5 aromatic rings. The van der Waals surface area contributed by atoms with Crippen molar-refractivity contribution in [3.63, 3.8) is 0 Å². The molecule has 1 amide bonds. The Balaban J connectivity index is 1.49. The van der Waals surface area contributed by atoms with Gasteiger partial charge in [-0.3, -0.25) is 4.79 Å². The molecule has 166 valence electrons. The predicted molar refractivity (Wildman–Crippen MR) is 129 cm³/mol. The number of aryl methyl sites for hydroxylation is 2. The number of anilines is 1. The average molecular weight is 460 g/mol. The van der Waals surface area contributed by atoms with Gasteiger partial charge in [0.15, 0.2) is 5.65 Å². The number of carbonyl (C=O) groups excluding carboxylic acids is 1. The molecule has 3 aromatic heterocycles. The lowest BCUT2D eigenvalue weighted by atomic mass is 10.1. The maximum Gasteiger partial charge on any atom is 0.352 e. The average Bonchev–Trinajstić information content (AvgIpc) is 3.36. The van der Waals surface area contributed by atoms with Crippen molar-refractivity contribution in [1.82, 2.24) is 19.2 Å². The summed E-state index contributed by atoms with van der Waals surface area (Å²) in [6.45, 7) is 3.74. The number of hydrogen-bond donors (Lipinski definition) is 1. The summed E-state index contributed by atoms with van der Waals surface area (Å²) in [7, 11) is 1.54. The fourth-order valence-electron chi connectivity index (χ4n) is 3.72. The van der Waals surface area contributed by atoms with Gasteiger partial charge in [-0.25, -0.2) is 18.9 Å². The van der Waals surface area contributed by atoms with Crippen molar-refractivity contribution in [3.05, 3.63) is 75.8 Å². The van der Waals surface area contributed by atoms with Crippen LogP contribution in [0.1, 0.15) is 11.1 Å². The zero-order chi connectivity index (χ0) is 23.1. The minimum absolute atomic E-state index is 0.227. The van der Waals surface area contributed by atoms with E-state index in [0.717, 1.165) is 31.6 Å². The molecule has 0 unspecified atom stereocenters. The number of ether oxygens (including phenoxy) is 1. The number of nitrogens with zero attached hydrogens (tertiary/aromatic N) is 4. The van der Waals surface area contributed by atoms with E-state index in [4.69, 9.17) is 4.74 Å². The first kappa shape index (κ1) is 20.9. The number of methoxy groups -OCH3 is 1. The fourth-order valence-corrected chi connectivity index (χ4v) is 4.72. The van der Waals surface area contributed by atoms with Gasteiger partial charge in [0.05, 0.1) is 23.0 Å². The Morgan fingerprint density at radius 2 is 1.88 bits per heavy atom. The van der Waals surface area contributed by atoms with Gasteiger partial charge in [-0.05, 0) is 37.1 Å². The number of benzene rings is 2. The van der Waals surface area contributed by atoms with Crippen molar-refractivity contribution >= 4 is 38.8 Å². The molecule has 0 spiro atoms. The van der Waals surface area contributed by atoms with Gasteiger partial charge in [0.2, 0.25) is 5.91 Å². The lowest BCUT2D eigenvalue weighted by Crippen LogP contribution is -2.28. The van der Waals surface area contributed by atoms with Gasteiger partial charge in [0.1, 0.15) is 18.6 Å². The Bertz CT molecular complexity index is 1560. The van der Waals surface area contributed by atoms with Gasteiger partial charge in [-0.1, -0.05) is 35.9 Å². The zero-order valence-electron chi connectivity index (χ0n) is 18.3. The number of thiophene rings is 1. The van der Waals surface area contributed by atoms with E-state index in [1.807, 2.05) is 31.4 Å². The summed E-state index contributed by atoms with van der Waals surface area (Å²) in [5.41, 5.74) is 5.59. The van der Waals surface area contributed by atoms with Crippen LogP contribution in [0.4, 0.5) is 5.69 Å². The molecule has 0 atom stereocenters. The van der Waals surface area contributed by atoms with Gasteiger partial charge in [-0.2, -0.15) is 0 Å². The third kappa shape index (κ3) is 3.76. The Hall–Kier alpha value is -3.98. The van der Waals surface area contributed by atoms with Crippen LogP contribution in [0.15, 0.2) is 59.0 Å². The van der Waals surface area contributed by atoms with Crippen LogP contribution in [0.25, 0.3) is 27.0 Å². The Kier molecular flexibility index (Phi) is 5.18. The largest absolute Gasteiger partial charge is 0.495 e. The number of aromatic nitrogens is 4. The first-order chi connectivity index (χ1) is 15.9. The van der Waals surface area contributed by atoms with E-state index in [0.29, 0.717) is 17.1 Å². The van der Waals surface area contributed by atoms with Crippen LogP contribution in [0.3, 0.4) is 0 Å². The molecule has 3 heterocycles. The molecule has 0 saturated carbocycles. The number of hydrogen-bond acceptors (Lipinski definition) is 6. The third-order valence-corrected chi connectivity index (χ3v) is 6.39. The standard InChI is InChI=1S/C24H21N5O3S/c1-14-4-7-16(8-5-14)17-12-33-22-21(17)25-13-28-23(22)27-29(24(28)31)11-20(30)26-18-10-15(2)6-9-19(18)32-3/h4-10,12-13H,11H2,1-3H3,(H,26,30). The molecule has 0 saturated heterocycles. The number of carbonyl (C=O) groups is 1. The third-order valence-electron chi connectivity index (χ3n) is 5.43. The first-order valence-corrected chi connectivity index (χ1v) is 11.2. The summed E-state index contributed by atoms with van der Waals surface area (Å²) in [5, 5.41) is 9.27. The van der Waals surface area contributed by atoms with E-state index in [1.54, 1.807) is 6.07 Å². The van der Waals surface area contributed by atoms with Crippen molar-refractivity contribution in [1.29, 1.82) is 0 Å². The van der Waals surface area contributed by atoms with E-state index in [-0.39, 0.29) is 12.5 Å². The molecule has 1 N–H and O–H groups in total. The van der Waals surface area contributed by atoms with Crippen LogP contribution in [-0.4, -0.2) is 32.2 Å². The number of nitrogens with one attached hydrogen (secondary N) is 1. The lowest BCUT2D eigenvalue weighted by molar-refractivity contribution is -0.117. The SMILES string of the molecule is COc1ccc(C)cc1NC(=O)Cn1nc2c3scc(-c4ccc(C)cc4)c3ncn2c1=O. The Morgan fingerprint density at radius 1 is 1.12 bits per heavy atom. The highest BCUT2D eigenvalue weighted by Gasteiger charge is 2.18. The van der Waals surface area contributed by atoms with Gasteiger partial charge in [0, 0.05) is 10.9 Å². The smallest absolute Gasteiger partial charge is 0.352 e. The second kappa shape index (κ2) is 8.18. The van der Waals surface area contributed by atoms with Crippen LogP contribution < -0.4 is 15.7 Å². The molecule has 0 radical (unpaired) electrons. The van der Waals surface area contributed by atoms with Crippen molar-refractivity contribution in [2.45, 2.75) is 20.4 Å². The molecular formula is C24H21N5O3S. The van der Waals surface area contributed by atoms with Crippen molar-refractivity contribution < 1.29 is 9.53 Å². The molecule has 8 nitrogen and oxygen atoms in total. The topological polar surface area (TPSA) is 90.5 Å². The number of fused-ring (bicyclic) bond motifs is 3. The first-order valence-electron chi connectivity index (χ1n) is 10.3. The Labute approximate surface area is 193 Å². The van der Waals surface area contributed by atoms with Gasteiger partial charge >= 0.3 is 5.69 Å². The highest BCUT2D eigenvalue weighted by atomic mass is 32.1. The minimum atomic E-state index is -0.420. The highest BCUT2D eigenvalue weighted by molar-refractivity contribution is 7.18. The second-order valence-corrected chi connectivity index (χ2v) is 8.70. The normalized spacial score (nSPS) is 11.2. The van der Waals surface area contributed by atoms with Gasteiger partial charge < -0.3 is 10.1 Å². The molecule has 0 aliphatic heterocycles. The molecule has 33 heavy (non-hydrogen) atoms. The molecule has 0 aliphatic rings. The predicted octanol–water partition coefficient (Wildman–Crippen LogP) is 4.04. The maximum atomic E-state index is 12.9. The Morgan fingerprint density at radius 3 is 2.64 bits per heavy atom. The van der Waals surface area contributed by atoms with E-state index in [1.165, 1.54) is 34.7 Å². The van der Waals surface area contributed by atoms with Crippen molar-refractivity contribution in [3.8, 4) is 16.9 Å². The second-order valence-electron chi connectivity index (χ2n) is 7.82. The molecule has 0 aliphatic carbocycles. The summed E-state index contributed by atoms with van der Waals surface area (Å²) >= 11 is 1.48. The number of rotatable bonds is 5. The summed E-state index contributed by atoms with van der Waals surface area (Å²) in [4.78, 5) is 30.1. The van der Waals surface area contributed by atoms with E-state index >= 15 is 0 Å². The van der Waals surface area contributed by atoms with Gasteiger partial charge in [0.25, 0.3) is 0 Å². The molecule has 0 bridgehead atoms. The molecule has 2 aromatic carbocycles. The lowest BCUT2D eigenvalue weighted by Gasteiger charge is -2.10. The molecular weight excluding hydrogens is 438 g/mol. The maximum absolute atomic E-state index is 12.9. The van der Waals surface area contributed by atoms with Crippen molar-refractivity contribution in [2.75, 3.05) is 12.4 Å². The highest BCUT2D eigenvalue weighted by Crippen LogP contribution is 2.34. The molecule has 9 heteroatoms. The quantitative estimate of drug-likeness (QED) is 0.428. The van der Waals surface area contributed by atoms with E-state index in [2.05, 4.69) is 39.7 Å². The van der Waals surface area contributed by atoms with Gasteiger partial charge in [-0.15, -0.1) is 16.4 Å². The summed E-state index contributed by atoms with van der Waals surface area (Å²) < 4.78 is 8.63. The van der Waals surface area contributed by atoms with Crippen LogP contribution in [-0.2, 0) is 11.3 Å². The fraction of sp³-hybridized carbons (Fsp3) is 0.167. The minimum Gasteiger partial charge on any atom is -0.495 e. The number of amides is 1. The van der Waals surface area contributed by atoms with Crippen LogP contribution in [0.5, 0.6) is 5.75 Å². The monoisotopic (exact) mass is 459 g/mol. The summed E-state index contributed by atoms with van der Waals surface area (Å²) in [5.74, 6) is 0.171. The zero-order valence-corrected chi connectivity index (χ0v) is 19.1. The summed E-state index contributed by atoms with van der Waals surface area (Å²) in [6, 6.07) is 13.7. The molecule has 5 rings (SSSR count). The molecule has 0 fully saturated rings.